The lowest BCUT2D eigenvalue weighted by Gasteiger charge is -2.35. The third-order valence-corrected chi connectivity index (χ3v) is 3.77. The van der Waals surface area contributed by atoms with Crippen LogP contribution in [-0.2, 0) is 0 Å². The minimum absolute atomic E-state index is 0.220. The van der Waals surface area contributed by atoms with Gasteiger partial charge in [-0.25, -0.2) is 4.39 Å². The second-order valence-corrected chi connectivity index (χ2v) is 5.48. The molecule has 0 aliphatic carbocycles. The summed E-state index contributed by atoms with van der Waals surface area (Å²) in [4.78, 5) is 2.15. The normalized spacial score (nSPS) is 22.6. The van der Waals surface area contributed by atoms with E-state index in [9.17, 15) is 14.6 Å². The Morgan fingerprint density at radius 2 is 2.25 bits per heavy atom. The average molecular weight is 282 g/mol. The summed E-state index contributed by atoms with van der Waals surface area (Å²) < 4.78 is 13.3. The highest BCUT2D eigenvalue weighted by atomic mass is 19.1. The number of halogens is 1. The molecule has 0 bridgehead atoms. The van der Waals surface area contributed by atoms with Gasteiger partial charge in [0, 0.05) is 31.4 Å². The van der Waals surface area contributed by atoms with E-state index in [-0.39, 0.29) is 11.9 Å². The first-order chi connectivity index (χ1) is 9.56. The zero-order chi connectivity index (χ0) is 14.5. The Labute approximate surface area is 119 Å². The predicted octanol–water partition coefficient (Wildman–Crippen LogP) is 1.13. The lowest BCUT2D eigenvalue weighted by atomic mass is 10.0. The van der Waals surface area contributed by atoms with E-state index in [0.29, 0.717) is 6.54 Å². The molecular weight excluding hydrogens is 259 g/mol. The SMILES string of the molecule is CC(O)C(O)CNC1CCCN(c2cccc(F)c2)C1. The molecule has 3 atom stereocenters. The molecule has 0 radical (unpaired) electrons. The molecule has 2 rings (SSSR count). The van der Waals surface area contributed by atoms with Crippen LogP contribution in [0.5, 0.6) is 0 Å². The van der Waals surface area contributed by atoms with E-state index in [2.05, 4.69) is 10.2 Å². The summed E-state index contributed by atoms with van der Waals surface area (Å²) in [5.74, 6) is -0.220. The van der Waals surface area contributed by atoms with Crippen molar-refractivity contribution >= 4 is 5.69 Å². The van der Waals surface area contributed by atoms with Gasteiger partial charge in [-0.05, 0) is 38.0 Å². The molecule has 3 unspecified atom stereocenters. The highest BCUT2D eigenvalue weighted by Crippen LogP contribution is 2.20. The van der Waals surface area contributed by atoms with Gasteiger partial charge in [0.05, 0.1) is 12.2 Å². The Morgan fingerprint density at radius 1 is 1.45 bits per heavy atom. The predicted molar refractivity (Wildman–Crippen MR) is 77.3 cm³/mol. The highest BCUT2D eigenvalue weighted by molar-refractivity contribution is 5.47. The molecule has 112 valence electrons. The molecule has 0 aromatic heterocycles. The first-order valence-corrected chi connectivity index (χ1v) is 7.16. The van der Waals surface area contributed by atoms with E-state index >= 15 is 0 Å². The van der Waals surface area contributed by atoms with Gasteiger partial charge in [0.15, 0.2) is 0 Å². The fourth-order valence-electron chi connectivity index (χ4n) is 2.51. The minimum Gasteiger partial charge on any atom is -0.391 e. The number of hydrogen-bond acceptors (Lipinski definition) is 4. The Hall–Kier alpha value is -1.17. The Balaban J connectivity index is 1.88. The maximum atomic E-state index is 13.3. The fourth-order valence-corrected chi connectivity index (χ4v) is 2.51. The Morgan fingerprint density at radius 3 is 2.95 bits per heavy atom. The average Bonchev–Trinajstić information content (AvgIpc) is 2.45. The molecule has 3 N–H and O–H groups in total. The lowest BCUT2D eigenvalue weighted by Crippen LogP contribution is -2.48. The Bertz CT molecular complexity index is 428. The van der Waals surface area contributed by atoms with Crippen LogP contribution in [0.25, 0.3) is 0 Å². The number of aliphatic hydroxyl groups excluding tert-OH is 2. The van der Waals surface area contributed by atoms with E-state index in [1.807, 2.05) is 6.07 Å². The summed E-state index contributed by atoms with van der Waals surface area (Å²) in [6.45, 7) is 3.65. The van der Waals surface area contributed by atoms with E-state index < -0.39 is 12.2 Å². The van der Waals surface area contributed by atoms with Crippen LogP contribution in [-0.4, -0.2) is 48.1 Å². The Kier molecular flexibility index (Phi) is 5.34. The molecule has 4 nitrogen and oxygen atoms in total. The zero-order valence-electron chi connectivity index (χ0n) is 11.8. The number of nitrogens with one attached hydrogen (secondary N) is 1. The standard InChI is InChI=1S/C15H23FN2O2/c1-11(19)15(20)9-17-13-5-3-7-18(10-13)14-6-2-4-12(16)8-14/h2,4,6,8,11,13,15,17,19-20H,3,5,7,9-10H2,1H3. The van der Waals surface area contributed by atoms with Crippen LogP contribution in [0.3, 0.4) is 0 Å². The largest absolute Gasteiger partial charge is 0.391 e. The maximum Gasteiger partial charge on any atom is 0.125 e. The van der Waals surface area contributed by atoms with E-state index in [0.717, 1.165) is 31.6 Å². The van der Waals surface area contributed by atoms with Crippen molar-refractivity contribution in [3.63, 3.8) is 0 Å². The number of benzene rings is 1. The van der Waals surface area contributed by atoms with Crippen LogP contribution in [0.2, 0.25) is 0 Å². The number of anilines is 1. The van der Waals surface area contributed by atoms with E-state index in [1.165, 1.54) is 6.07 Å². The molecule has 0 amide bonds. The molecule has 5 heteroatoms. The zero-order valence-corrected chi connectivity index (χ0v) is 11.8. The third kappa shape index (κ3) is 4.16. The number of piperidine rings is 1. The highest BCUT2D eigenvalue weighted by Gasteiger charge is 2.21. The van der Waals surface area contributed by atoms with Crippen molar-refractivity contribution in [1.82, 2.24) is 5.32 Å². The molecule has 1 aliphatic heterocycles. The van der Waals surface area contributed by atoms with Crippen LogP contribution < -0.4 is 10.2 Å². The molecule has 1 aliphatic rings. The van der Waals surface area contributed by atoms with Crippen molar-refractivity contribution in [2.45, 2.75) is 38.0 Å². The van der Waals surface area contributed by atoms with Crippen LogP contribution in [0.4, 0.5) is 10.1 Å². The van der Waals surface area contributed by atoms with E-state index in [1.54, 1.807) is 19.1 Å². The number of hydrogen-bond donors (Lipinski definition) is 3. The van der Waals surface area contributed by atoms with Gasteiger partial charge in [-0.1, -0.05) is 6.07 Å². The smallest absolute Gasteiger partial charge is 0.125 e. The van der Waals surface area contributed by atoms with Gasteiger partial charge in [-0.3, -0.25) is 0 Å². The number of aliphatic hydroxyl groups is 2. The summed E-state index contributed by atoms with van der Waals surface area (Å²) in [6.07, 6.45) is 0.571. The molecule has 1 fully saturated rings. The molecule has 0 saturated carbocycles. The summed E-state index contributed by atoms with van der Waals surface area (Å²) >= 11 is 0. The fraction of sp³-hybridized carbons (Fsp3) is 0.600. The van der Waals surface area contributed by atoms with Crippen LogP contribution in [0, 0.1) is 5.82 Å². The van der Waals surface area contributed by atoms with E-state index in [4.69, 9.17) is 0 Å². The molecule has 0 spiro atoms. The first-order valence-electron chi connectivity index (χ1n) is 7.16. The van der Waals surface area contributed by atoms with Gasteiger partial charge in [0.1, 0.15) is 5.82 Å². The van der Waals surface area contributed by atoms with Crippen molar-refractivity contribution in [2.24, 2.45) is 0 Å². The van der Waals surface area contributed by atoms with Crippen molar-refractivity contribution in [3.05, 3.63) is 30.1 Å². The second-order valence-electron chi connectivity index (χ2n) is 5.48. The molecule has 1 aromatic carbocycles. The van der Waals surface area contributed by atoms with Crippen molar-refractivity contribution in [3.8, 4) is 0 Å². The van der Waals surface area contributed by atoms with Gasteiger partial charge in [-0.2, -0.15) is 0 Å². The van der Waals surface area contributed by atoms with Gasteiger partial charge < -0.3 is 20.4 Å². The van der Waals surface area contributed by atoms with Gasteiger partial charge in [0.25, 0.3) is 0 Å². The quantitative estimate of drug-likeness (QED) is 0.758. The summed E-state index contributed by atoms with van der Waals surface area (Å²) in [6, 6.07) is 6.88. The van der Waals surface area contributed by atoms with Crippen molar-refractivity contribution in [2.75, 3.05) is 24.5 Å². The molecular formula is C15H23FN2O2. The molecule has 1 saturated heterocycles. The van der Waals surface area contributed by atoms with Crippen molar-refractivity contribution < 1.29 is 14.6 Å². The molecule has 1 aromatic rings. The number of nitrogens with zero attached hydrogens (tertiary/aromatic N) is 1. The second kappa shape index (κ2) is 7.02. The lowest BCUT2D eigenvalue weighted by molar-refractivity contribution is 0.0300. The number of rotatable bonds is 5. The maximum absolute atomic E-state index is 13.3. The first kappa shape index (κ1) is 15.2. The van der Waals surface area contributed by atoms with Gasteiger partial charge >= 0.3 is 0 Å². The summed E-state index contributed by atoms with van der Waals surface area (Å²) in [5, 5.41) is 22.1. The van der Waals surface area contributed by atoms with Gasteiger partial charge in [-0.15, -0.1) is 0 Å². The summed E-state index contributed by atoms with van der Waals surface area (Å²) in [7, 11) is 0. The molecule has 1 heterocycles. The summed E-state index contributed by atoms with van der Waals surface area (Å²) in [5.41, 5.74) is 0.896. The van der Waals surface area contributed by atoms with Crippen LogP contribution in [0.15, 0.2) is 24.3 Å². The van der Waals surface area contributed by atoms with Crippen LogP contribution >= 0.6 is 0 Å². The monoisotopic (exact) mass is 282 g/mol. The molecule has 20 heavy (non-hydrogen) atoms. The topological polar surface area (TPSA) is 55.7 Å². The van der Waals surface area contributed by atoms with Gasteiger partial charge in [0.2, 0.25) is 0 Å². The van der Waals surface area contributed by atoms with Crippen molar-refractivity contribution in [1.29, 1.82) is 0 Å². The minimum atomic E-state index is -0.750. The van der Waals surface area contributed by atoms with Crippen LogP contribution in [0.1, 0.15) is 19.8 Å². The third-order valence-electron chi connectivity index (χ3n) is 3.77.